The van der Waals surface area contributed by atoms with E-state index in [9.17, 15) is 4.79 Å². The van der Waals surface area contributed by atoms with Gasteiger partial charge in [0.2, 0.25) is 0 Å². The van der Waals surface area contributed by atoms with Crippen LogP contribution in [-0.4, -0.2) is 19.9 Å². The molecular weight excluding hydrogens is 212 g/mol. The minimum Gasteiger partial charge on any atom is -0.302 e. The third kappa shape index (κ3) is 0.949. The standard InChI is InChI=1S/C5H3BrN4O/c6-3-2-4(8-1-7-3)10-5(11)9-2/h1H,(H2,7,8,9,10,11). The number of nitrogens with zero attached hydrogens (tertiary/aromatic N) is 2. The van der Waals surface area contributed by atoms with Crippen molar-refractivity contribution in [3.05, 3.63) is 21.4 Å². The van der Waals surface area contributed by atoms with Crippen molar-refractivity contribution in [2.24, 2.45) is 0 Å². The Hall–Kier alpha value is -1.17. The first-order valence-electron chi connectivity index (χ1n) is 2.86. The number of H-pyrrole nitrogens is 2. The molecule has 2 N–H and O–H groups in total. The number of halogens is 1. The van der Waals surface area contributed by atoms with Crippen molar-refractivity contribution in [1.82, 2.24) is 19.9 Å². The summed E-state index contributed by atoms with van der Waals surface area (Å²) in [7, 11) is 0. The lowest BCUT2D eigenvalue weighted by Crippen LogP contribution is -1.99. The summed E-state index contributed by atoms with van der Waals surface area (Å²) in [5, 5.41) is 0. The van der Waals surface area contributed by atoms with Crippen molar-refractivity contribution in [2.45, 2.75) is 0 Å². The fourth-order valence-corrected chi connectivity index (χ4v) is 1.20. The third-order valence-corrected chi connectivity index (χ3v) is 1.87. The third-order valence-electron chi connectivity index (χ3n) is 1.27. The number of imidazole rings is 1. The number of rotatable bonds is 0. The van der Waals surface area contributed by atoms with Crippen LogP contribution in [0, 0.1) is 0 Å². The number of nitrogens with one attached hydrogen (secondary N) is 2. The van der Waals surface area contributed by atoms with E-state index in [1.165, 1.54) is 6.33 Å². The molecule has 11 heavy (non-hydrogen) atoms. The predicted octanol–water partition coefficient (Wildman–Crippen LogP) is 0.409. The molecule has 0 amide bonds. The van der Waals surface area contributed by atoms with Crippen LogP contribution < -0.4 is 5.69 Å². The second-order valence-electron chi connectivity index (χ2n) is 1.97. The van der Waals surface area contributed by atoms with Crippen molar-refractivity contribution < 1.29 is 0 Å². The van der Waals surface area contributed by atoms with E-state index in [0.29, 0.717) is 15.8 Å². The van der Waals surface area contributed by atoms with Crippen LogP contribution in [0.4, 0.5) is 0 Å². The van der Waals surface area contributed by atoms with Gasteiger partial charge in [-0.3, -0.25) is 4.98 Å². The number of fused-ring (bicyclic) bond motifs is 1. The molecule has 0 spiro atoms. The molecule has 0 fully saturated rings. The van der Waals surface area contributed by atoms with Gasteiger partial charge >= 0.3 is 5.69 Å². The SMILES string of the molecule is O=c1[nH]c2ncnc(Br)c2[nH]1. The van der Waals surface area contributed by atoms with Crippen molar-refractivity contribution in [3.63, 3.8) is 0 Å². The summed E-state index contributed by atoms with van der Waals surface area (Å²) in [4.78, 5) is 23.5. The van der Waals surface area contributed by atoms with Gasteiger partial charge in [0.05, 0.1) is 0 Å². The topological polar surface area (TPSA) is 74.4 Å². The zero-order valence-corrected chi connectivity index (χ0v) is 6.84. The molecule has 2 heterocycles. The largest absolute Gasteiger partial charge is 0.325 e. The van der Waals surface area contributed by atoms with Gasteiger partial charge in [0.25, 0.3) is 0 Å². The Morgan fingerprint density at radius 1 is 1.36 bits per heavy atom. The zero-order chi connectivity index (χ0) is 7.84. The number of hydrogen-bond acceptors (Lipinski definition) is 3. The van der Waals surface area contributed by atoms with Gasteiger partial charge in [-0.2, -0.15) is 0 Å². The maximum absolute atomic E-state index is 10.7. The number of aromatic amines is 2. The van der Waals surface area contributed by atoms with Gasteiger partial charge in [-0.1, -0.05) is 0 Å². The molecule has 6 heteroatoms. The lowest BCUT2D eigenvalue weighted by Gasteiger charge is -1.87. The molecule has 56 valence electrons. The highest BCUT2D eigenvalue weighted by atomic mass is 79.9. The first-order valence-corrected chi connectivity index (χ1v) is 3.65. The van der Waals surface area contributed by atoms with E-state index >= 15 is 0 Å². The van der Waals surface area contributed by atoms with E-state index in [4.69, 9.17) is 0 Å². The average Bonchev–Trinajstić information content (AvgIpc) is 2.31. The van der Waals surface area contributed by atoms with Crippen LogP contribution in [0.3, 0.4) is 0 Å². The molecule has 5 nitrogen and oxygen atoms in total. The first kappa shape index (κ1) is 6.53. The molecule has 0 atom stereocenters. The number of hydrogen-bond donors (Lipinski definition) is 2. The molecule has 0 unspecified atom stereocenters. The second kappa shape index (κ2) is 2.16. The first-order chi connectivity index (χ1) is 5.27. The Balaban J connectivity index is 3.01. The van der Waals surface area contributed by atoms with E-state index < -0.39 is 0 Å². The van der Waals surface area contributed by atoms with Gasteiger partial charge in [-0.15, -0.1) is 0 Å². The van der Waals surface area contributed by atoms with E-state index in [-0.39, 0.29) is 5.69 Å². The molecule has 2 rings (SSSR count). The van der Waals surface area contributed by atoms with Crippen LogP contribution in [0.2, 0.25) is 0 Å². The van der Waals surface area contributed by atoms with Crippen LogP contribution in [-0.2, 0) is 0 Å². The molecule has 2 aromatic rings. The molecule has 0 radical (unpaired) electrons. The van der Waals surface area contributed by atoms with Crippen LogP contribution in [0.1, 0.15) is 0 Å². The maximum Gasteiger partial charge on any atom is 0.325 e. The van der Waals surface area contributed by atoms with Crippen LogP contribution in [0.5, 0.6) is 0 Å². The van der Waals surface area contributed by atoms with Crippen LogP contribution in [0.15, 0.2) is 15.7 Å². The van der Waals surface area contributed by atoms with Gasteiger partial charge < -0.3 is 4.98 Å². The smallest absolute Gasteiger partial charge is 0.302 e. The van der Waals surface area contributed by atoms with E-state index in [1.54, 1.807) is 0 Å². The highest BCUT2D eigenvalue weighted by molar-refractivity contribution is 9.10. The summed E-state index contributed by atoms with van der Waals surface area (Å²) >= 11 is 3.17. The summed E-state index contributed by atoms with van der Waals surface area (Å²) < 4.78 is 0.584. The Labute approximate surface area is 69.0 Å². The summed E-state index contributed by atoms with van der Waals surface area (Å²) in [6, 6.07) is 0. The average molecular weight is 215 g/mol. The summed E-state index contributed by atoms with van der Waals surface area (Å²) in [6.07, 6.45) is 1.37. The highest BCUT2D eigenvalue weighted by Gasteiger charge is 2.02. The summed E-state index contributed by atoms with van der Waals surface area (Å²) in [5.41, 5.74) is 0.829. The zero-order valence-electron chi connectivity index (χ0n) is 5.26. The quantitative estimate of drug-likeness (QED) is 0.625. The van der Waals surface area contributed by atoms with Crippen molar-refractivity contribution in [1.29, 1.82) is 0 Å². The lowest BCUT2D eigenvalue weighted by atomic mass is 10.6. The summed E-state index contributed by atoms with van der Waals surface area (Å²) in [6.45, 7) is 0. The van der Waals surface area contributed by atoms with E-state index in [1.807, 2.05) is 0 Å². The monoisotopic (exact) mass is 214 g/mol. The van der Waals surface area contributed by atoms with Crippen molar-refractivity contribution in [3.8, 4) is 0 Å². The van der Waals surface area contributed by atoms with Gasteiger partial charge in [-0.05, 0) is 15.9 Å². The maximum atomic E-state index is 10.7. The predicted molar refractivity (Wildman–Crippen MR) is 42.2 cm³/mol. The van der Waals surface area contributed by atoms with Gasteiger partial charge in [0.1, 0.15) is 16.4 Å². The number of aromatic nitrogens is 4. The van der Waals surface area contributed by atoms with Crippen molar-refractivity contribution >= 4 is 27.1 Å². The Kier molecular flexibility index (Phi) is 1.28. The molecule has 0 aliphatic carbocycles. The van der Waals surface area contributed by atoms with Crippen molar-refractivity contribution in [2.75, 3.05) is 0 Å². The van der Waals surface area contributed by atoms with Gasteiger partial charge in [0.15, 0.2) is 5.65 Å². The Bertz CT molecular complexity index is 445. The van der Waals surface area contributed by atoms with Gasteiger partial charge in [0, 0.05) is 0 Å². The van der Waals surface area contributed by atoms with E-state index in [0.717, 1.165) is 0 Å². The normalized spacial score (nSPS) is 10.6. The van der Waals surface area contributed by atoms with Gasteiger partial charge in [-0.25, -0.2) is 14.8 Å². The Morgan fingerprint density at radius 2 is 2.18 bits per heavy atom. The summed E-state index contributed by atoms with van der Waals surface area (Å²) in [5.74, 6) is 0. The fraction of sp³-hybridized carbons (Fsp3) is 0. The van der Waals surface area contributed by atoms with Crippen LogP contribution in [0.25, 0.3) is 11.2 Å². The molecule has 0 bridgehead atoms. The fourth-order valence-electron chi connectivity index (χ4n) is 0.822. The molecule has 0 aliphatic rings. The molecule has 0 aromatic carbocycles. The second-order valence-corrected chi connectivity index (χ2v) is 2.72. The molecule has 0 aliphatic heterocycles. The lowest BCUT2D eigenvalue weighted by molar-refractivity contribution is 1.17. The minimum absolute atomic E-state index is 0.277. The van der Waals surface area contributed by atoms with Crippen LogP contribution >= 0.6 is 15.9 Å². The van der Waals surface area contributed by atoms with E-state index in [2.05, 4.69) is 35.9 Å². The molecule has 2 aromatic heterocycles. The minimum atomic E-state index is -0.277. The highest BCUT2D eigenvalue weighted by Crippen LogP contribution is 2.12. The molecule has 0 saturated heterocycles. The molecule has 0 saturated carbocycles. The molecular formula is C5H3BrN4O. The Morgan fingerprint density at radius 3 is 2.91 bits per heavy atom.